The second-order valence-electron chi connectivity index (χ2n) is 2.16. The summed E-state index contributed by atoms with van der Waals surface area (Å²) in [6.07, 6.45) is 1.43. The maximum absolute atomic E-state index is 10.4. The molecule has 1 aliphatic rings. The van der Waals surface area contributed by atoms with E-state index in [2.05, 4.69) is 6.58 Å². The lowest BCUT2D eigenvalue weighted by atomic mass is 9.87. The fourth-order valence-electron chi connectivity index (χ4n) is 0.651. The van der Waals surface area contributed by atoms with E-state index in [1.54, 1.807) is 0 Å². The van der Waals surface area contributed by atoms with Gasteiger partial charge in [-0.15, -0.1) is 6.58 Å². The average Bonchev–Trinajstić information content (AvgIpc) is 1.62. The molecule has 0 radical (unpaired) electrons. The van der Waals surface area contributed by atoms with E-state index in [1.165, 1.54) is 6.08 Å². The largest absolute Gasteiger partial charge is 0.480 e. The lowest BCUT2D eigenvalue weighted by Gasteiger charge is -2.33. The maximum Gasteiger partial charge on any atom is 0.318 e. The Labute approximate surface area is 52.9 Å². The van der Waals surface area contributed by atoms with Gasteiger partial charge < -0.3 is 9.84 Å². The van der Waals surface area contributed by atoms with Crippen molar-refractivity contribution in [3.8, 4) is 0 Å². The lowest BCUT2D eigenvalue weighted by Crippen LogP contribution is -2.47. The van der Waals surface area contributed by atoms with E-state index in [0.29, 0.717) is 0 Å². The molecule has 1 saturated heterocycles. The molecule has 1 rings (SSSR count). The van der Waals surface area contributed by atoms with Crippen LogP contribution < -0.4 is 0 Å². The van der Waals surface area contributed by atoms with E-state index in [9.17, 15) is 4.79 Å². The van der Waals surface area contributed by atoms with E-state index in [4.69, 9.17) is 9.84 Å². The van der Waals surface area contributed by atoms with Gasteiger partial charge in [-0.25, -0.2) is 0 Å². The quantitative estimate of drug-likeness (QED) is 0.543. The molecular weight excluding hydrogens is 120 g/mol. The molecule has 0 aromatic heterocycles. The third-order valence-corrected chi connectivity index (χ3v) is 1.54. The van der Waals surface area contributed by atoms with Crippen molar-refractivity contribution in [3.63, 3.8) is 0 Å². The Hall–Kier alpha value is -0.830. The van der Waals surface area contributed by atoms with Gasteiger partial charge in [0, 0.05) is 0 Å². The minimum absolute atomic E-state index is 0.270. The number of carboxylic acids is 1. The van der Waals surface area contributed by atoms with Crippen LogP contribution in [0, 0.1) is 5.41 Å². The molecule has 9 heavy (non-hydrogen) atoms. The second-order valence-corrected chi connectivity index (χ2v) is 2.16. The van der Waals surface area contributed by atoms with Gasteiger partial charge in [0.2, 0.25) is 0 Å². The van der Waals surface area contributed by atoms with Crippen LogP contribution in [0.15, 0.2) is 12.7 Å². The van der Waals surface area contributed by atoms with Crippen molar-refractivity contribution in [2.75, 3.05) is 13.2 Å². The molecule has 0 aliphatic carbocycles. The molecule has 1 N–H and O–H groups in total. The molecule has 0 atom stereocenters. The summed E-state index contributed by atoms with van der Waals surface area (Å²) in [5.41, 5.74) is -0.778. The molecular formula is C6H8O3. The molecule has 0 amide bonds. The van der Waals surface area contributed by atoms with Crippen LogP contribution in [0.4, 0.5) is 0 Å². The number of rotatable bonds is 2. The highest BCUT2D eigenvalue weighted by atomic mass is 16.5. The SMILES string of the molecule is C=CC1(C(=O)O)COC1. The van der Waals surface area contributed by atoms with Crippen LogP contribution in [0.25, 0.3) is 0 Å². The summed E-state index contributed by atoms with van der Waals surface area (Å²) in [4.78, 5) is 10.4. The van der Waals surface area contributed by atoms with Crippen LogP contribution in [-0.4, -0.2) is 24.3 Å². The predicted molar refractivity (Wildman–Crippen MR) is 31.1 cm³/mol. The maximum atomic E-state index is 10.4. The lowest BCUT2D eigenvalue weighted by molar-refractivity contribution is -0.169. The van der Waals surface area contributed by atoms with Crippen LogP contribution in [0.2, 0.25) is 0 Å². The Balaban J connectivity index is 2.68. The van der Waals surface area contributed by atoms with Crippen molar-refractivity contribution < 1.29 is 14.6 Å². The summed E-state index contributed by atoms with van der Waals surface area (Å²) in [7, 11) is 0. The Morgan fingerprint density at radius 2 is 2.33 bits per heavy atom. The van der Waals surface area contributed by atoms with Gasteiger partial charge in [0.25, 0.3) is 0 Å². The predicted octanol–water partition coefficient (Wildman–Crippen LogP) is 0.274. The topological polar surface area (TPSA) is 46.5 Å². The normalized spacial score (nSPS) is 22.2. The molecule has 0 unspecified atom stereocenters. The third kappa shape index (κ3) is 0.733. The minimum Gasteiger partial charge on any atom is -0.480 e. The molecule has 3 heteroatoms. The van der Waals surface area contributed by atoms with Crippen molar-refractivity contribution in [3.05, 3.63) is 12.7 Å². The fourth-order valence-corrected chi connectivity index (χ4v) is 0.651. The number of hydrogen-bond donors (Lipinski definition) is 1. The summed E-state index contributed by atoms with van der Waals surface area (Å²) in [5, 5.41) is 8.53. The first-order valence-corrected chi connectivity index (χ1v) is 2.66. The molecule has 1 heterocycles. The fraction of sp³-hybridized carbons (Fsp3) is 0.500. The molecule has 0 spiro atoms. The van der Waals surface area contributed by atoms with Crippen molar-refractivity contribution >= 4 is 5.97 Å². The van der Waals surface area contributed by atoms with E-state index in [1.807, 2.05) is 0 Å². The van der Waals surface area contributed by atoms with Crippen LogP contribution in [0.3, 0.4) is 0 Å². The van der Waals surface area contributed by atoms with Gasteiger partial charge in [0.05, 0.1) is 13.2 Å². The van der Waals surface area contributed by atoms with Gasteiger partial charge in [-0.1, -0.05) is 6.08 Å². The number of hydrogen-bond acceptors (Lipinski definition) is 2. The third-order valence-electron chi connectivity index (χ3n) is 1.54. The number of carbonyl (C=O) groups is 1. The van der Waals surface area contributed by atoms with Crippen molar-refractivity contribution in [1.82, 2.24) is 0 Å². The number of aliphatic carboxylic acids is 1. The molecule has 0 saturated carbocycles. The summed E-state index contributed by atoms with van der Waals surface area (Å²) >= 11 is 0. The van der Waals surface area contributed by atoms with Crippen molar-refractivity contribution in [1.29, 1.82) is 0 Å². The number of ether oxygens (including phenoxy) is 1. The summed E-state index contributed by atoms with van der Waals surface area (Å²) in [6, 6.07) is 0. The van der Waals surface area contributed by atoms with E-state index < -0.39 is 11.4 Å². The Bertz CT molecular complexity index is 146. The molecule has 0 bridgehead atoms. The Kier molecular flexibility index (Phi) is 1.29. The monoisotopic (exact) mass is 128 g/mol. The van der Waals surface area contributed by atoms with Crippen molar-refractivity contribution in [2.45, 2.75) is 0 Å². The van der Waals surface area contributed by atoms with Crippen LogP contribution in [0.1, 0.15) is 0 Å². The first-order valence-electron chi connectivity index (χ1n) is 2.66. The van der Waals surface area contributed by atoms with Gasteiger partial charge in [0.15, 0.2) is 0 Å². The van der Waals surface area contributed by atoms with Crippen LogP contribution >= 0.6 is 0 Å². The Morgan fingerprint density at radius 1 is 1.78 bits per heavy atom. The molecule has 1 fully saturated rings. The zero-order valence-corrected chi connectivity index (χ0v) is 4.96. The van der Waals surface area contributed by atoms with Gasteiger partial charge in [-0.05, 0) is 0 Å². The summed E-state index contributed by atoms with van der Waals surface area (Å²) in [6.45, 7) is 3.95. The van der Waals surface area contributed by atoms with E-state index >= 15 is 0 Å². The van der Waals surface area contributed by atoms with Gasteiger partial charge >= 0.3 is 5.97 Å². The average molecular weight is 128 g/mol. The van der Waals surface area contributed by atoms with Crippen LogP contribution in [-0.2, 0) is 9.53 Å². The molecule has 50 valence electrons. The van der Waals surface area contributed by atoms with Crippen molar-refractivity contribution in [2.24, 2.45) is 5.41 Å². The summed E-state index contributed by atoms with van der Waals surface area (Å²) < 4.78 is 4.74. The molecule has 0 aromatic rings. The van der Waals surface area contributed by atoms with Gasteiger partial charge in [0.1, 0.15) is 5.41 Å². The highest BCUT2D eigenvalue weighted by Crippen LogP contribution is 2.28. The highest BCUT2D eigenvalue weighted by molar-refractivity contribution is 5.78. The smallest absolute Gasteiger partial charge is 0.318 e. The van der Waals surface area contributed by atoms with Gasteiger partial charge in [-0.3, -0.25) is 4.79 Å². The standard InChI is InChI=1S/C6H8O3/c1-2-6(5(7)8)3-9-4-6/h2H,1,3-4H2,(H,7,8). The number of carboxylic acid groups (broad SMARTS) is 1. The second kappa shape index (κ2) is 1.84. The summed E-state index contributed by atoms with van der Waals surface area (Å²) in [5.74, 6) is -0.844. The zero-order chi connectivity index (χ0) is 6.91. The molecule has 1 aliphatic heterocycles. The minimum atomic E-state index is -0.844. The van der Waals surface area contributed by atoms with Gasteiger partial charge in [-0.2, -0.15) is 0 Å². The van der Waals surface area contributed by atoms with E-state index in [0.717, 1.165) is 0 Å². The Morgan fingerprint density at radius 3 is 2.33 bits per heavy atom. The molecule has 3 nitrogen and oxygen atoms in total. The molecule has 0 aromatic carbocycles. The first-order chi connectivity index (χ1) is 4.21. The first kappa shape index (κ1) is 6.29. The van der Waals surface area contributed by atoms with E-state index in [-0.39, 0.29) is 13.2 Å². The zero-order valence-electron chi connectivity index (χ0n) is 4.96. The van der Waals surface area contributed by atoms with Crippen LogP contribution in [0.5, 0.6) is 0 Å². The highest BCUT2D eigenvalue weighted by Gasteiger charge is 2.43.